The van der Waals surface area contributed by atoms with E-state index in [1.54, 1.807) is 40.0 Å². The Morgan fingerprint density at radius 1 is 1.38 bits per heavy atom. The lowest BCUT2D eigenvalue weighted by atomic mass is 9.83. The van der Waals surface area contributed by atoms with E-state index in [9.17, 15) is 9.18 Å². The molecule has 6 heteroatoms. The smallest absolute Gasteiger partial charge is 0.301 e. The van der Waals surface area contributed by atoms with Crippen LogP contribution in [-0.2, 0) is 10.2 Å². The molecule has 0 aliphatic rings. The highest BCUT2D eigenvalue weighted by molar-refractivity contribution is 5.97. The maximum atomic E-state index is 14.2. The Kier molecular flexibility index (Phi) is 3.97. The summed E-state index contributed by atoms with van der Waals surface area (Å²) < 4.78 is 19.4. The zero-order valence-corrected chi connectivity index (χ0v) is 12.5. The minimum atomic E-state index is -1.06. The van der Waals surface area contributed by atoms with Crippen LogP contribution in [0.25, 0.3) is 0 Å². The Morgan fingerprint density at radius 2 is 2.10 bits per heavy atom. The number of rotatable bonds is 4. The van der Waals surface area contributed by atoms with E-state index in [1.807, 2.05) is 0 Å². The molecule has 2 aromatic rings. The average Bonchev–Trinajstić information content (AvgIpc) is 2.83. The number of anilines is 2. The topological polar surface area (TPSA) is 67.2 Å². The van der Waals surface area contributed by atoms with Gasteiger partial charge in [0.25, 0.3) is 0 Å². The van der Waals surface area contributed by atoms with Crippen molar-refractivity contribution in [2.75, 3.05) is 17.7 Å². The zero-order chi connectivity index (χ0) is 15.6. The summed E-state index contributed by atoms with van der Waals surface area (Å²) in [7, 11) is 1.71. The van der Waals surface area contributed by atoms with Crippen molar-refractivity contribution in [3.8, 4) is 0 Å². The highest BCUT2D eigenvalue weighted by Gasteiger charge is 2.33. The first-order valence-corrected chi connectivity index (χ1v) is 6.56. The summed E-state index contributed by atoms with van der Waals surface area (Å²) in [5.41, 5.74) is -0.100. The number of amides is 1. The third-order valence-electron chi connectivity index (χ3n) is 3.34. The molecule has 2 rings (SSSR count). The van der Waals surface area contributed by atoms with Crippen molar-refractivity contribution in [2.24, 2.45) is 0 Å². The summed E-state index contributed by atoms with van der Waals surface area (Å²) in [6, 6.07) is 4.79. The van der Waals surface area contributed by atoms with E-state index in [0.717, 1.165) is 0 Å². The molecule has 0 atom stereocenters. The molecule has 0 saturated heterocycles. The van der Waals surface area contributed by atoms with Crippen molar-refractivity contribution in [2.45, 2.75) is 26.2 Å². The van der Waals surface area contributed by atoms with Crippen LogP contribution in [0.5, 0.6) is 0 Å². The largest absolute Gasteiger partial charge is 0.429 e. The van der Waals surface area contributed by atoms with Crippen molar-refractivity contribution < 1.29 is 13.6 Å². The fourth-order valence-corrected chi connectivity index (χ4v) is 1.97. The lowest BCUT2D eigenvalue weighted by Crippen LogP contribution is -2.35. The number of nitrogens with zero attached hydrogens (tertiary/aromatic N) is 1. The number of carbonyl (C=O) groups excluding carboxylic acids is 1. The summed E-state index contributed by atoms with van der Waals surface area (Å²) in [6.07, 6.45) is 1.50. The number of oxazole rings is 1. The molecule has 1 aromatic heterocycles. The Balaban J connectivity index is 2.26. The van der Waals surface area contributed by atoms with E-state index in [4.69, 9.17) is 4.42 Å². The van der Waals surface area contributed by atoms with E-state index in [-0.39, 0.29) is 11.9 Å². The maximum absolute atomic E-state index is 14.2. The number of aryl methyl sites for hydroxylation is 1. The molecule has 112 valence electrons. The first-order chi connectivity index (χ1) is 9.84. The normalized spacial score (nSPS) is 11.3. The van der Waals surface area contributed by atoms with Crippen molar-refractivity contribution in [1.82, 2.24) is 4.98 Å². The predicted octanol–water partition coefficient (Wildman–Crippen LogP) is 3.08. The number of hydrogen-bond acceptors (Lipinski definition) is 4. The van der Waals surface area contributed by atoms with Crippen LogP contribution in [0.4, 0.5) is 16.1 Å². The van der Waals surface area contributed by atoms with Crippen LogP contribution in [0.15, 0.2) is 28.8 Å². The molecule has 0 bridgehead atoms. The molecule has 0 aliphatic heterocycles. The Morgan fingerprint density at radius 3 is 2.62 bits per heavy atom. The zero-order valence-electron chi connectivity index (χ0n) is 12.5. The van der Waals surface area contributed by atoms with E-state index in [1.165, 1.54) is 12.3 Å². The van der Waals surface area contributed by atoms with E-state index in [0.29, 0.717) is 17.0 Å². The Bertz CT molecular complexity index is 665. The number of halogens is 1. The molecule has 0 unspecified atom stereocenters. The molecule has 1 heterocycles. The van der Waals surface area contributed by atoms with Crippen molar-refractivity contribution >= 4 is 17.6 Å². The van der Waals surface area contributed by atoms with Gasteiger partial charge in [-0.1, -0.05) is 6.07 Å². The molecular formula is C15H18FN3O2. The number of benzene rings is 1. The summed E-state index contributed by atoms with van der Waals surface area (Å²) in [5.74, 6) is -0.237. The Hall–Kier alpha value is -2.37. The first kappa shape index (κ1) is 15.0. The molecule has 1 amide bonds. The molecule has 5 nitrogen and oxygen atoms in total. The van der Waals surface area contributed by atoms with Crippen LogP contribution in [0.2, 0.25) is 0 Å². The Labute approximate surface area is 122 Å². The number of carbonyl (C=O) groups is 1. The van der Waals surface area contributed by atoms with Gasteiger partial charge in [-0.15, -0.1) is 0 Å². The van der Waals surface area contributed by atoms with Gasteiger partial charge in [-0.05, 0) is 32.9 Å². The highest BCUT2D eigenvalue weighted by atomic mass is 19.1. The van der Waals surface area contributed by atoms with E-state index in [2.05, 4.69) is 15.6 Å². The van der Waals surface area contributed by atoms with Crippen LogP contribution in [-0.4, -0.2) is 17.9 Å². The summed E-state index contributed by atoms with van der Waals surface area (Å²) in [4.78, 5) is 16.3. The molecular weight excluding hydrogens is 273 g/mol. The lowest BCUT2D eigenvalue weighted by Gasteiger charge is -2.24. The molecule has 0 radical (unpaired) electrons. The van der Waals surface area contributed by atoms with Gasteiger partial charge in [-0.3, -0.25) is 10.1 Å². The average molecular weight is 291 g/mol. The SMILES string of the molecule is CNc1ccc(C(C)(C)C(=O)Nc2ncc(C)o2)c(F)c1. The molecule has 0 aliphatic carbocycles. The lowest BCUT2D eigenvalue weighted by molar-refractivity contribution is -0.120. The van der Waals surface area contributed by atoms with Crippen LogP contribution < -0.4 is 10.6 Å². The maximum Gasteiger partial charge on any atom is 0.301 e. The number of hydrogen-bond donors (Lipinski definition) is 2. The van der Waals surface area contributed by atoms with Crippen molar-refractivity contribution in [3.63, 3.8) is 0 Å². The summed E-state index contributed by atoms with van der Waals surface area (Å²) in [5, 5.41) is 5.41. The number of nitrogens with one attached hydrogen (secondary N) is 2. The van der Waals surface area contributed by atoms with Crippen LogP contribution in [0, 0.1) is 12.7 Å². The van der Waals surface area contributed by atoms with Gasteiger partial charge in [0.05, 0.1) is 11.6 Å². The second-order valence-corrected chi connectivity index (χ2v) is 5.30. The summed E-state index contributed by atoms with van der Waals surface area (Å²) >= 11 is 0. The second-order valence-electron chi connectivity index (χ2n) is 5.30. The minimum Gasteiger partial charge on any atom is -0.429 e. The van der Waals surface area contributed by atoms with Crippen molar-refractivity contribution in [1.29, 1.82) is 0 Å². The van der Waals surface area contributed by atoms with Crippen LogP contribution in [0.1, 0.15) is 25.2 Å². The quantitative estimate of drug-likeness (QED) is 0.908. The monoisotopic (exact) mass is 291 g/mol. The van der Waals surface area contributed by atoms with Crippen LogP contribution in [0.3, 0.4) is 0 Å². The van der Waals surface area contributed by atoms with Gasteiger partial charge in [0.15, 0.2) is 0 Å². The highest BCUT2D eigenvalue weighted by Crippen LogP contribution is 2.29. The third kappa shape index (κ3) is 3.04. The third-order valence-corrected chi connectivity index (χ3v) is 3.34. The fourth-order valence-electron chi connectivity index (χ4n) is 1.97. The first-order valence-electron chi connectivity index (χ1n) is 6.56. The molecule has 0 saturated carbocycles. The van der Waals surface area contributed by atoms with Gasteiger partial charge in [0.2, 0.25) is 5.91 Å². The molecule has 2 N–H and O–H groups in total. The molecule has 0 fully saturated rings. The molecule has 1 aromatic carbocycles. The fraction of sp³-hybridized carbons (Fsp3) is 0.333. The van der Waals surface area contributed by atoms with Gasteiger partial charge in [-0.2, -0.15) is 0 Å². The van der Waals surface area contributed by atoms with E-state index >= 15 is 0 Å². The van der Waals surface area contributed by atoms with Crippen LogP contribution >= 0.6 is 0 Å². The van der Waals surface area contributed by atoms with Gasteiger partial charge in [0, 0.05) is 18.3 Å². The van der Waals surface area contributed by atoms with Gasteiger partial charge in [0.1, 0.15) is 11.6 Å². The van der Waals surface area contributed by atoms with Gasteiger partial charge in [-0.25, -0.2) is 9.37 Å². The molecule has 21 heavy (non-hydrogen) atoms. The molecule has 0 spiro atoms. The number of aromatic nitrogens is 1. The van der Waals surface area contributed by atoms with Crippen molar-refractivity contribution in [3.05, 3.63) is 41.5 Å². The second kappa shape index (κ2) is 5.55. The minimum absolute atomic E-state index is 0.109. The van der Waals surface area contributed by atoms with E-state index < -0.39 is 11.2 Å². The van der Waals surface area contributed by atoms with Gasteiger partial charge < -0.3 is 9.73 Å². The standard InChI is InChI=1S/C15H18FN3O2/c1-9-8-18-14(21-9)19-13(20)15(2,3)11-6-5-10(17-4)7-12(11)16/h5-8,17H,1-4H3,(H,18,19,20). The summed E-state index contributed by atoms with van der Waals surface area (Å²) in [6.45, 7) is 5.02. The predicted molar refractivity (Wildman–Crippen MR) is 78.8 cm³/mol. The van der Waals surface area contributed by atoms with Gasteiger partial charge >= 0.3 is 6.01 Å².